The second kappa shape index (κ2) is 11.0. The first-order valence-corrected chi connectivity index (χ1v) is 15.8. The van der Waals surface area contributed by atoms with Gasteiger partial charge in [0.05, 0.1) is 31.0 Å². The van der Waals surface area contributed by atoms with Crippen LogP contribution in [0, 0.1) is 6.92 Å². The molecule has 3 aromatic rings. The first-order chi connectivity index (χ1) is 22.1. The number of aryl methyl sites for hydroxylation is 1. The number of rotatable bonds is 7. The zero-order valence-corrected chi connectivity index (χ0v) is 26.4. The van der Waals surface area contributed by atoms with E-state index in [-0.39, 0.29) is 53.8 Å². The van der Waals surface area contributed by atoms with Crippen LogP contribution in [0.2, 0.25) is 0 Å². The topological polar surface area (TPSA) is 141 Å². The Labute approximate surface area is 267 Å². The van der Waals surface area contributed by atoms with E-state index in [2.05, 4.69) is 10.1 Å². The van der Waals surface area contributed by atoms with E-state index < -0.39 is 61.0 Å². The van der Waals surface area contributed by atoms with Crippen LogP contribution in [0.4, 0.5) is 18.9 Å². The Hall–Kier alpha value is -4.54. The van der Waals surface area contributed by atoms with Gasteiger partial charge in [0.25, 0.3) is 15.9 Å². The van der Waals surface area contributed by atoms with E-state index in [9.17, 15) is 31.5 Å². The van der Waals surface area contributed by atoms with Crippen LogP contribution in [0.15, 0.2) is 59.5 Å². The van der Waals surface area contributed by atoms with Gasteiger partial charge in [-0.15, -0.1) is 13.2 Å². The number of likely N-dealkylation sites (tertiary alicyclic amines) is 1. The molecular formula is C31H31F3N3O9S+. The summed E-state index contributed by atoms with van der Waals surface area (Å²) < 4.78 is 90.5. The molecule has 16 heteroatoms. The van der Waals surface area contributed by atoms with E-state index in [0.717, 1.165) is 18.2 Å². The van der Waals surface area contributed by atoms with Gasteiger partial charge < -0.3 is 29.4 Å². The number of quaternary nitrogens is 1. The zero-order chi connectivity index (χ0) is 34.1. The molecule has 47 heavy (non-hydrogen) atoms. The summed E-state index contributed by atoms with van der Waals surface area (Å²) in [5.74, 6) is -2.50. The number of alkyl halides is 3. The van der Waals surface area contributed by atoms with Crippen molar-refractivity contribution >= 4 is 27.5 Å². The summed E-state index contributed by atoms with van der Waals surface area (Å²) in [7, 11) is -1.04. The summed E-state index contributed by atoms with van der Waals surface area (Å²) in [6.45, 7) is 1.32. The lowest BCUT2D eigenvalue weighted by atomic mass is 9.78. The van der Waals surface area contributed by atoms with Crippen LogP contribution in [0.25, 0.3) is 0 Å². The average Bonchev–Trinajstić information content (AvgIpc) is 3.68. The smallest absolute Gasteiger partial charge is 0.497 e. The number of sulfonamides is 1. The van der Waals surface area contributed by atoms with Crippen molar-refractivity contribution in [2.45, 2.75) is 42.3 Å². The van der Waals surface area contributed by atoms with Gasteiger partial charge in [0.2, 0.25) is 12.3 Å². The first-order valence-electron chi connectivity index (χ1n) is 14.4. The number of aliphatic hydroxyl groups is 1. The van der Waals surface area contributed by atoms with Crippen LogP contribution in [-0.4, -0.2) is 82.9 Å². The van der Waals surface area contributed by atoms with E-state index in [1.807, 2.05) is 0 Å². The lowest BCUT2D eigenvalue weighted by Crippen LogP contribution is -2.69. The van der Waals surface area contributed by atoms with Gasteiger partial charge in [0.1, 0.15) is 23.3 Å². The quantitative estimate of drug-likeness (QED) is 0.361. The molecule has 3 aliphatic heterocycles. The Balaban J connectivity index is 1.70. The van der Waals surface area contributed by atoms with Gasteiger partial charge in [-0.2, -0.15) is 4.31 Å². The van der Waals surface area contributed by atoms with Crippen molar-refractivity contribution < 1.29 is 59.7 Å². The Kier molecular flexibility index (Phi) is 7.60. The molecule has 1 saturated heterocycles. The maximum absolute atomic E-state index is 15.4. The Morgan fingerprint density at radius 1 is 1.13 bits per heavy atom. The normalized spacial score (nSPS) is 25.1. The molecule has 2 unspecified atom stereocenters. The second-order valence-corrected chi connectivity index (χ2v) is 13.4. The van der Waals surface area contributed by atoms with Crippen LogP contribution in [0.5, 0.6) is 23.0 Å². The molecule has 3 aromatic carbocycles. The molecule has 2 N–H and O–H groups in total. The molecule has 6 rings (SSSR count). The Morgan fingerprint density at radius 3 is 2.55 bits per heavy atom. The number of anilines is 1. The number of nitrogens with one attached hydrogen (secondary N) is 1. The summed E-state index contributed by atoms with van der Waals surface area (Å²) in [6.07, 6.45) is -6.46. The fourth-order valence-corrected chi connectivity index (χ4v) is 8.70. The lowest BCUT2D eigenvalue weighted by molar-refractivity contribution is -0.953. The molecule has 0 radical (unpaired) electrons. The number of likely N-dealkylation sites (N-methyl/N-ethyl adjacent to an activating group) is 2. The minimum absolute atomic E-state index is 0.0759. The molecule has 0 bridgehead atoms. The summed E-state index contributed by atoms with van der Waals surface area (Å²) in [4.78, 5) is 28.0. The molecule has 1 fully saturated rings. The number of halogens is 3. The van der Waals surface area contributed by atoms with Gasteiger partial charge in [-0.05, 0) is 43.3 Å². The minimum Gasteiger partial charge on any atom is -0.497 e. The monoisotopic (exact) mass is 678 g/mol. The van der Waals surface area contributed by atoms with Gasteiger partial charge in [0, 0.05) is 19.5 Å². The number of nitrogens with zero attached hydrogens (tertiary/aromatic N) is 2. The maximum atomic E-state index is 15.4. The maximum Gasteiger partial charge on any atom is 0.573 e. The van der Waals surface area contributed by atoms with Crippen LogP contribution in [0.1, 0.15) is 23.1 Å². The van der Waals surface area contributed by atoms with Crippen molar-refractivity contribution in [3.8, 4) is 23.0 Å². The highest BCUT2D eigenvalue weighted by atomic mass is 32.2. The molecule has 0 aromatic heterocycles. The van der Waals surface area contributed by atoms with Crippen molar-refractivity contribution in [3.63, 3.8) is 0 Å². The standard InChI is InChI=1S/C31H30F3N3O9S/c1-17-8-10-22-21(12-17)30(20-6-5-7-24-27(20)45-16-44-24,37(3)15-18(38)13-23(37)28(39)35-2)29(40)36(22)47(41,42)26-11-9-19(43-4)14-25(26)46-31(32,33)34/h5-12,14,18,23,38H,13,15-16H2,1-4H3/p+1/t18-,23+,30?,37?/m1/s1. The molecule has 2 amide bonds. The van der Waals surface area contributed by atoms with Gasteiger partial charge in [0.15, 0.2) is 23.3 Å². The third kappa shape index (κ3) is 4.76. The zero-order valence-electron chi connectivity index (χ0n) is 25.6. The highest BCUT2D eigenvalue weighted by Gasteiger charge is 2.72. The number of amides is 2. The number of aliphatic hydroxyl groups excluding tert-OH is 1. The number of para-hydroxylation sites is 1. The predicted octanol–water partition coefficient (Wildman–Crippen LogP) is 2.94. The first kappa shape index (κ1) is 32.4. The number of ether oxygens (including phenoxy) is 4. The van der Waals surface area contributed by atoms with Crippen LogP contribution < -0.4 is 28.6 Å². The van der Waals surface area contributed by atoms with Crippen LogP contribution in [0.3, 0.4) is 0 Å². The molecule has 0 spiro atoms. The molecular weight excluding hydrogens is 647 g/mol. The van der Waals surface area contributed by atoms with Gasteiger partial charge in [-0.25, -0.2) is 8.42 Å². The highest BCUT2D eigenvalue weighted by molar-refractivity contribution is 7.93. The fourth-order valence-electron chi connectivity index (χ4n) is 7.14. The molecule has 250 valence electrons. The van der Waals surface area contributed by atoms with E-state index >= 15 is 4.79 Å². The summed E-state index contributed by atoms with van der Waals surface area (Å²) >= 11 is 0. The van der Waals surface area contributed by atoms with Crippen molar-refractivity contribution in [3.05, 3.63) is 71.3 Å². The molecule has 12 nitrogen and oxygen atoms in total. The molecule has 0 aliphatic carbocycles. The SMILES string of the molecule is CNC(=O)[C@@H]1C[C@@H](O)C[N+]1(C)C1(c2cccc3c2OCO3)C(=O)N(S(=O)(=O)c2ccc(OC)cc2OC(F)(F)F)c2ccc(C)cc21. The van der Waals surface area contributed by atoms with Crippen molar-refractivity contribution in [2.75, 3.05) is 38.8 Å². The molecule has 0 saturated carbocycles. The third-order valence-corrected chi connectivity index (χ3v) is 10.8. The fraction of sp³-hybridized carbons (Fsp3) is 0.355. The van der Waals surface area contributed by atoms with E-state index in [0.29, 0.717) is 9.87 Å². The van der Waals surface area contributed by atoms with E-state index in [4.69, 9.17) is 14.2 Å². The summed E-state index contributed by atoms with van der Waals surface area (Å²) in [6, 6.07) is 10.9. The van der Waals surface area contributed by atoms with Gasteiger partial charge >= 0.3 is 12.3 Å². The Morgan fingerprint density at radius 2 is 1.87 bits per heavy atom. The van der Waals surface area contributed by atoms with Gasteiger partial charge in [-0.3, -0.25) is 14.1 Å². The second-order valence-electron chi connectivity index (χ2n) is 11.7. The van der Waals surface area contributed by atoms with Crippen molar-refractivity contribution in [1.82, 2.24) is 5.32 Å². The largest absolute Gasteiger partial charge is 0.573 e. The van der Waals surface area contributed by atoms with Crippen molar-refractivity contribution in [2.24, 2.45) is 0 Å². The number of carbonyl (C=O) groups is 2. The van der Waals surface area contributed by atoms with E-state index in [1.165, 1.54) is 20.2 Å². The number of benzene rings is 3. The molecule has 4 atom stereocenters. The number of methoxy groups -OCH3 is 1. The molecule has 3 aliphatic rings. The number of carbonyl (C=O) groups excluding carboxylic acids is 2. The van der Waals surface area contributed by atoms with Crippen LogP contribution in [-0.2, 0) is 25.2 Å². The minimum atomic E-state index is -5.29. The summed E-state index contributed by atoms with van der Waals surface area (Å²) in [5.41, 5.74) is -1.37. The highest BCUT2D eigenvalue weighted by Crippen LogP contribution is 2.59. The third-order valence-electron chi connectivity index (χ3n) is 9.02. The molecule has 3 heterocycles. The number of fused-ring (bicyclic) bond motifs is 2. The Bertz CT molecular complexity index is 1900. The summed E-state index contributed by atoms with van der Waals surface area (Å²) in [5, 5.41) is 13.6. The number of hydrogen-bond acceptors (Lipinski definition) is 9. The average molecular weight is 679 g/mol. The van der Waals surface area contributed by atoms with E-state index in [1.54, 1.807) is 44.3 Å². The van der Waals surface area contributed by atoms with Crippen molar-refractivity contribution in [1.29, 1.82) is 0 Å². The van der Waals surface area contributed by atoms with Gasteiger partial charge in [-0.1, -0.05) is 17.7 Å². The predicted molar refractivity (Wildman–Crippen MR) is 158 cm³/mol. The number of hydrogen-bond donors (Lipinski definition) is 2. The lowest BCUT2D eigenvalue weighted by Gasteiger charge is -2.48. The van der Waals surface area contributed by atoms with Crippen LogP contribution >= 0.6 is 0 Å².